The summed E-state index contributed by atoms with van der Waals surface area (Å²) in [5, 5.41) is 2.85. The van der Waals surface area contributed by atoms with Crippen molar-refractivity contribution < 1.29 is 4.79 Å². The van der Waals surface area contributed by atoms with E-state index in [2.05, 4.69) is 21.2 Å². The maximum absolute atomic E-state index is 11.8. The van der Waals surface area contributed by atoms with Crippen molar-refractivity contribution in [3.05, 3.63) is 34.3 Å². The molecule has 0 spiro atoms. The van der Waals surface area contributed by atoms with Crippen molar-refractivity contribution in [2.45, 2.75) is 33.4 Å². The van der Waals surface area contributed by atoms with Gasteiger partial charge in [0.1, 0.15) is 0 Å². The van der Waals surface area contributed by atoms with Crippen LogP contribution in [0.1, 0.15) is 26.3 Å². The van der Waals surface area contributed by atoms with E-state index in [1.54, 1.807) is 0 Å². The van der Waals surface area contributed by atoms with Crippen molar-refractivity contribution in [1.82, 2.24) is 5.32 Å². The van der Waals surface area contributed by atoms with E-state index in [0.717, 1.165) is 10.0 Å². The molecule has 0 aliphatic rings. The average molecular weight is 299 g/mol. The van der Waals surface area contributed by atoms with Crippen molar-refractivity contribution in [2.75, 3.05) is 0 Å². The maximum Gasteiger partial charge on any atom is 0.237 e. The van der Waals surface area contributed by atoms with Gasteiger partial charge in [-0.25, -0.2) is 0 Å². The summed E-state index contributed by atoms with van der Waals surface area (Å²) < 4.78 is 1.03. The van der Waals surface area contributed by atoms with E-state index in [-0.39, 0.29) is 11.3 Å². The molecule has 1 aromatic carbocycles. The third kappa shape index (κ3) is 4.48. The Labute approximate surface area is 111 Å². The second-order valence-electron chi connectivity index (χ2n) is 5.19. The summed E-state index contributed by atoms with van der Waals surface area (Å²) >= 11 is 3.37. The standard InChI is InChI=1S/C13H19BrN2O/c1-13(2,3)11(15)12(17)16-8-9-4-6-10(14)7-5-9/h4-7,11H,8,15H2,1-3H3,(H,16,17)/t11-/m1/s1. The Kier molecular flexibility index (Phi) is 4.71. The van der Waals surface area contributed by atoms with Gasteiger partial charge in [0, 0.05) is 11.0 Å². The highest BCUT2D eigenvalue weighted by Gasteiger charge is 2.26. The van der Waals surface area contributed by atoms with Gasteiger partial charge in [-0.15, -0.1) is 0 Å². The van der Waals surface area contributed by atoms with Crippen molar-refractivity contribution >= 4 is 21.8 Å². The Bertz CT molecular complexity index is 381. The summed E-state index contributed by atoms with van der Waals surface area (Å²) in [6, 6.07) is 7.34. The summed E-state index contributed by atoms with van der Waals surface area (Å²) in [4.78, 5) is 11.8. The number of halogens is 1. The minimum Gasteiger partial charge on any atom is -0.351 e. The lowest BCUT2D eigenvalue weighted by Crippen LogP contribution is -2.48. The molecule has 0 bridgehead atoms. The van der Waals surface area contributed by atoms with Gasteiger partial charge in [0.15, 0.2) is 0 Å². The highest BCUT2D eigenvalue weighted by Crippen LogP contribution is 2.17. The zero-order chi connectivity index (χ0) is 13.1. The molecule has 4 heteroatoms. The van der Waals surface area contributed by atoms with Gasteiger partial charge < -0.3 is 11.1 Å². The molecule has 94 valence electrons. The fourth-order valence-electron chi connectivity index (χ4n) is 1.29. The van der Waals surface area contributed by atoms with Gasteiger partial charge >= 0.3 is 0 Å². The van der Waals surface area contributed by atoms with Crippen LogP contribution in [0.15, 0.2) is 28.7 Å². The van der Waals surface area contributed by atoms with Crippen LogP contribution in [0.2, 0.25) is 0 Å². The molecule has 0 radical (unpaired) electrons. The number of nitrogens with two attached hydrogens (primary N) is 1. The first-order valence-electron chi connectivity index (χ1n) is 5.58. The number of hydrogen-bond donors (Lipinski definition) is 2. The van der Waals surface area contributed by atoms with Gasteiger partial charge in [0.25, 0.3) is 0 Å². The molecule has 0 fully saturated rings. The number of nitrogens with one attached hydrogen (secondary N) is 1. The summed E-state index contributed by atoms with van der Waals surface area (Å²) in [7, 11) is 0. The van der Waals surface area contributed by atoms with Gasteiger partial charge in [-0.1, -0.05) is 48.8 Å². The Morgan fingerprint density at radius 3 is 2.35 bits per heavy atom. The fraction of sp³-hybridized carbons (Fsp3) is 0.462. The zero-order valence-corrected chi connectivity index (χ0v) is 12.0. The summed E-state index contributed by atoms with van der Waals surface area (Å²) in [5.41, 5.74) is 6.70. The van der Waals surface area contributed by atoms with E-state index in [9.17, 15) is 4.79 Å². The van der Waals surface area contributed by atoms with Crippen LogP contribution in [0.25, 0.3) is 0 Å². The minimum atomic E-state index is -0.488. The van der Waals surface area contributed by atoms with E-state index >= 15 is 0 Å². The molecule has 1 amide bonds. The molecule has 3 nitrogen and oxygen atoms in total. The lowest BCUT2D eigenvalue weighted by atomic mass is 9.87. The summed E-state index contributed by atoms with van der Waals surface area (Å²) in [6.07, 6.45) is 0. The highest BCUT2D eigenvalue weighted by atomic mass is 79.9. The van der Waals surface area contributed by atoms with Crippen molar-refractivity contribution in [3.8, 4) is 0 Å². The zero-order valence-electron chi connectivity index (χ0n) is 10.5. The molecule has 1 atom stereocenters. The van der Waals surface area contributed by atoms with Crippen LogP contribution in [-0.4, -0.2) is 11.9 Å². The second-order valence-corrected chi connectivity index (χ2v) is 6.10. The summed E-state index contributed by atoms with van der Waals surface area (Å²) in [5.74, 6) is -0.111. The van der Waals surface area contributed by atoms with Gasteiger partial charge in [-0.3, -0.25) is 4.79 Å². The number of benzene rings is 1. The van der Waals surface area contributed by atoms with E-state index < -0.39 is 6.04 Å². The molecule has 3 N–H and O–H groups in total. The highest BCUT2D eigenvalue weighted by molar-refractivity contribution is 9.10. The van der Waals surface area contributed by atoms with E-state index in [0.29, 0.717) is 6.54 Å². The Balaban J connectivity index is 2.51. The first-order chi connectivity index (χ1) is 7.80. The molecule has 0 saturated carbocycles. The quantitative estimate of drug-likeness (QED) is 0.900. The monoisotopic (exact) mass is 298 g/mol. The number of hydrogen-bond acceptors (Lipinski definition) is 2. The lowest BCUT2D eigenvalue weighted by Gasteiger charge is -2.25. The molecule has 0 aromatic heterocycles. The molecular formula is C13H19BrN2O. The number of carbonyl (C=O) groups excluding carboxylic acids is 1. The van der Waals surface area contributed by atoms with Gasteiger partial charge in [-0.2, -0.15) is 0 Å². The molecule has 0 heterocycles. The topological polar surface area (TPSA) is 55.1 Å². The van der Waals surface area contributed by atoms with Crippen LogP contribution >= 0.6 is 15.9 Å². The van der Waals surface area contributed by atoms with Crippen molar-refractivity contribution in [1.29, 1.82) is 0 Å². The third-order valence-corrected chi connectivity index (χ3v) is 3.12. The van der Waals surface area contributed by atoms with Crippen LogP contribution in [0.4, 0.5) is 0 Å². The molecular weight excluding hydrogens is 280 g/mol. The van der Waals surface area contributed by atoms with Gasteiger partial charge in [0.2, 0.25) is 5.91 Å². The number of carbonyl (C=O) groups is 1. The van der Waals surface area contributed by atoms with Crippen LogP contribution in [0, 0.1) is 5.41 Å². The SMILES string of the molecule is CC(C)(C)[C@H](N)C(=O)NCc1ccc(Br)cc1. The van der Waals surface area contributed by atoms with Crippen LogP contribution in [0.3, 0.4) is 0 Å². The normalized spacial score (nSPS) is 13.2. The molecule has 0 aliphatic heterocycles. The Morgan fingerprint density at radius 1 is 1.35 bits per heavy atom. The lowest BCUT2D eigenvalue weighted by molar-refractivity contribution is -0.124. The van der Waals surface area contributed by atoms with Crippen LogP contribution in [-0.2, 0) is 11.3 Å². The third-order valence-electron chi connectivity index (χ3n) is 2.60. The average Bonchev–Trinajstić information content (AvgIpc) is 2.25. The molecule has 1 rings (SSSR count). The Hall–Kier alpha value is -0.870. The van der Waals surface area contributed by atoms with Crippen LogP contribution in [0.5, 0.6) is 0 Å². The molecule has 17 heavy (non-hydrogen) atoms. The second kappa shape index (κ2) is 5.65. The van der Waals surface area contributed by atoms with Gasteiger partial charge in [0.05, 0.1) is 6.04 Å². The fourth-order valence-corrected chi connectivity index (χ4v) is 1.56. The number of rotatable bonds is 3. The molecule has 0 unspecified atom stereocenters. The molecule has 1 aromatic rings. The first-order valence-corrected chi connectivity index (χ1v) is 6.38. The largest absolute Gasteiger partial charge is 0.351 e. The van der Waals surface area contributed by atoms with E-state index in [1.165, 1.54) is 0 Å². The predicted octanol–water partition coefficient (Wildman–Crippen LogP) is 2.44. The predicted molar refractivity (Wildman–Crippen MR) is 73.4 cm³/mol. The Morgan fingerprint density at radius 2 is 1.88 bits per heavy atom. The molecule has 0 saturated heterocycles. The van der Waals surface area contributed by atoms with E-state index in [4.69, 9.17) is 5.73 Å². The smallest absolute Gasteiger partial charge is 0.237 e. The van der Waals surface area contributed by atoms with Crippen molar-refractivity contribution in [3.63, 3.8) is 0 Å². The van der Waals surface area contributed by atoms with Gasteiger partial charge in [-0.05, 0) is 23.1 Å². The minimum absolute atomic E-state index is 0.111. The van der Waals surface area contributed by atoms with Crippen LogP contribution < -0.4 is 11.1 Å². The van der Waals surface area contributed by atoms with E-state index in [1.807, 2.05) is 45.0 Å². The first kappa shape index (κ1) is 14.2. The maximum atomic E-state index is 11.8. The number of amides is 1. The molecule has 0 aliphatic carbocycles. The van der Waals surface area contributed by atoms with Crippen molar-refractivity contribution in [2.24, 2.45) is 11.1 Å². The summed E-state index contributed by atoms with van der Waals surface area (Å²) in [6.45, 7) is 6.38.